The van der Waals surface area contributed by atoms with E-state index < -0.39 is 0 Å². The van der Waals surface area contributed by atoms with Crippen molar-refractivity contribution in [3.05, 3.63) is 388 Å². The third-order valence-corrected chi connectivity index (χ3v) is 21.2. The summed E-state index contributed by atoms with van der Waals surface area (Å²) in [4.78, 5) is 27.1. The van der Waals surface area contributed by atoms with Gasteiger partial charge in [-0.15, -0.1) is 0 Å². The maximum Gasteiger partial charge on any atom is 0.165 e. The molecule has 506 valence electrons. The van der Waals surface area contributed by atoms with Crippen LogP contribution in [-0.4, -0.2) is 38.2 Å². The van der Waals surface area contributed by atoms with Gasteiger partial charge in [-0.3, -0.25) is 9.13 Å². The molecule has 21 rings (SSSR count). The topological polar surface area (TPSA) is 77.8 Å². The van der Waals surface area contributed by atoms with Crippen molar-refractivity contribution in [2.45, 2.75) is 0 Å². The number of hydrogen-bond acceptors (Lipinski definition) is 6. The number of para-hydroxylation sites is 10. The fraction of sp³-hybridized carbons (Fsp3) is 0. The van der Waals surface area contributed by atoms with Crippen LogP contribution in [-0.2, 0) is 0 Å². The summed E-state index contributed by atoms with van der Waals surface area (Å²) >= 11 is 0. The summed E-state index contributed by atoms with van der Waals surface area (Å²) in [5.74, 6) is 3.19. The van der Waals surface area contributed by atoms with Gasteiger partial charge in [0.15, 0.2) is 29.1 Å². The number of rotatable bonds is 14. The Morgan fingerprint density at radius 1 is 0.176 bits per heavy atom. The Bertz CT molecular complexity index is 6450. The molecule has 6 aromatic heterocycles. The zero-order chi connectivity index (χ0) is 71.2. The van der Waals surface area contributed by atoms with Crippen LogP contribution in [0.25, 0.3) is 156 Å². The van der Waals surface area contributed by atoms with E-state index in [4.69, 9.17) is 19.9 Å². The number of aromatic nitrogens is 8. The van der Waals surface area contributed by atoms with E-state index in [0.29, 0.717) is 17.5 Å². The van der Waals surface area contributed by atoms with Crippen LogP contribution >= 0.6 is 0 Å². The van der Waals surface area contributed by atoms with Gasteiger partial charge in [0, 0.05) is 99.5 Å². The summed E-state index contributed by atoms with van der Waals surface area (Å²) in [5.41, 5.74) is 20.6. The Kier molecular flexibility index (Phi) is 14.7. The van der Waals surface area contributed by atoms with Gasteiger partial charge in [-0.2, -0.15) is 0 Å². The number of benzene rings is 15. The van der Waals surface area contributed by atoms with Crippen LogP contribution in [0, 0.1) is 0 Å². The molecule has 0 amide bonds. The molecule has 0 atom stereocenters. The molecule has 0 aliphatic rings. The van der Waals surface area contributed by atoms with Crippen LogP contribution in [0.4, 0.5) is 34.1 Å². The molecule has 0 bridgehead atoms. The smallest absolute Gasteiger partial charge is 0.165 e. The standard InChI is InChI=1S/C98H64N10/c1-7-31-66(32-8-1)94-99-95(67-33-9-2-10-34-67)101-96(100-94)68-57-55-65(56-58-68)91-92(105-83-49-25-23-47-79(83)81-63-73(59-61-89(81)105)103(69-35-11-3-12-36-69)70-37-13-4-14-38-70)97(107-85-51-27-19-43-75(85)76-44-20-28-52-86(76)107)102-98(108-87-53-29-21-45-77(87)78-46-22-30-54-88(78)108)93(91)106-84-50-26-24-48-80(84)82-64-74(60-62-90(82)106)104(71-39-15-5-16-40-71)72-41-17-6-18-42-72/h1-64H. The molecule has 15 aromatic carbocycles. The first-order valence-corrected chi connectivity index (χ1v) is 36.5. The van der Waals surface area contributed by atoms with Crippen molar-refractivity contribution in [2.75, 3.05) is 9.80 Å². The summed E-state index contributed by atoms with van der Waals surface area (Å²) in [6, 6.07) is 139. The molecule has 10 heteroatoms. The Hall–Kier alpha value is -14.7. The minimum Gasteiger partial charge on any atom is -0.310 e. The molecule has 10 nitrogen and oxygen atoms in total. The SMILES string of the molecule is c1ccc(-c2nc(-c3ccccc3)nc(-c3ccc(-c4c(-n5c6ccccc6c6cc(N(c7ccccc7)c7ccccc7)ccc65)c(-n5c6ccccc6c6ccccc65)nc(-n5c6ccccc6c6ccccc65)c4-n4c5ccccc5c5cc(N(c6ccccc6)c6ccccc6)ccc54)cc3)n2)cc1. The monoisotopic (exact) mass is 1380 g/mol. The first kappa shape index (κ1) is 61.9. The van der Waals surface area contributed by atoms with Gasteiger partial charge >= 0.3 is 0 Å². The van der Waals surface area contributed by atoms with E-state index in [1.807, 2.05) is 36.4 Å². The Morgan fingerprint density at radius 2 is 0.417 bits per heavy atom. The molecule has 21 aromatic rings. The molecule has 6 heterocycles. The quantitative estimate of drug-likeness (QED) is 0.108. The van der Waals surface area contributed by atoms with Gasteiger partial charge in [0.1, 0.15) is 11.4 Å². The van der Waals surface area contributed by atoms with Crippen molar-refractivity contribution in [1.82, 2.24) is 38.2 Å². The highest BCUT2D eigenvalue weighted by molar-refractivity contribution is 6.17. The minimum atomic E-state index is 0.554. The van der Waals surface area contributed by atoms with Crippen molar-refractivity contribution in [3.8, 4) is 68.3 Å². The lowest BCUT2D eigenvalue weighted by molar-refractivity contribution is 0.961. The second-order valence-electron chi connectivity index (χ2n) is 27.3. The van der Waals surface area contributed by atoms with Crippen molar-refractivity contribution < 1.29 is 0 Å². The zero-order valence-corrected chi connectivity index (χ0v) is 58.4. The number of hydrogen-bond donors (Lipinski definition) is 0. The van der Waals surface area contributed by atoms with Crippen LogP contribution < -0.4 is 9.80 Å². The highest BCUT2D eigenvalue weighted by Gasteiger charge is 2.34. The fourth-order valence-corrected chi connectivity index (χ4v) is 16.5. The lowest BCUT2D eigenvalue weighted by atomic mass is 9.98. The van der Waals surface area contributed by atoms with E-state index >= 15 is 0 Å². The van der Waals surface area contributed by atoms with E-state index in [-0.39, 0.29) is 0 Å². The van der Waals surface area contributed by atoms with Gasteiger partial charge in [-0.1, -0.05) is 267 Å². The normalized spacial score (nSPS) is 11.7. The summed E-state index contributed by atoms with van der Waals surface area (Å²) in [6.07, 6.45) is 0. The van der Waals surface area contributed by atoms with E-state index in [0.717, 1.165) is 172 Å². The third kappa shape index (κ3) is 10.1. The minimum absolute atomic E-state index is 0.554. The molecule has 0 N–H and O–H groups in total. The first-order valence-electron chi connectivity index (χ1n) is 36.5. The number of pyridine rings is 1. The first-order chi connectivity index (χ1) is 53.6. The summed E-state index contributed by atoms with van der Waals surface area (Å²) in [5, 5.41) is 8.78. The molecule has 0 spiro atoms. The maximum atomic E-state index is 6.62. The van der Waals surface area contributed by atoms with Crippen molar-refractivity contribution in [3.63, 3.8) is 0 Å². The largest absolute Gasteiger partial charge is 0.310 e. The Labute approximate surface area is 622 Å². The van der Waals surface area contributed by atoms with Crippen LogP contribution in [0.2, 0.25) is 0 Å². The maximum absolute atomic E-state index is 6.62. The summed E-state index contributed by atoms with van der Waals surface area (Å²) < 4.78 is 9.90. The predicted octanol–water partition coefficient (Wildman–Crippen LogP) is 25.3. The summed E-state index contributed by atoms with van der Waals surface area (Å²) in [6.45, 7) is 0. The van der Waals surface area contributed by atoms with Gasteiger partial charge in [-0.05, 0) is 127 Å². The van der Waals surface area contributed by atoms with Gasteiger partial charge in [-0.25, -0.2) is 19.9 Å². The van der Waals surface area contributed by atoms with Crippen LogP contribution in [0.15, 0.2) is 388 Å². The van der Waals surface area contributed by atoms with Crippen LogP contribution in [0.1, 0.15) is 0 Å². The highest BCUT2D eigenvalue weighted by atomic mass is 15.2. The van der Waals surface area contributed by atoms with Gasteiger partial charge in [0.2, 0.25) is 0 Å². The summed E-state index contributed by atoms with van der Waals surface area (Å²) in [7, 11) is 0. The molecular formula is C98H64N10. The van der Waals surface area contributed by atoms with Gasteiger partial charge in [0.05, 0.1) is 44.1 Å². The molecular weight excluding hydrogens is 1320 g/mol. The second-order valence-corrected chi connectivity index (χ2v) is 27.3. The van der Waals surface area contributed by atoms with E-state index in [9.17, 15) is 0 Å². The molecule has 0 saturated heterocycles. The lowest BCUT2D eigenvalue weighted by Gasteiger charge is -2.27. The van der Waals surface area contributed by atoms with E-state index in [2.05, 4.69) is 380 Å². The van der Waals surface area contributed by atoms with Crippen molar-refractivity contribution >= 4 is 121 Å². The third-order valence-electron chi connectivity index (χ3n) is 21.2. The van der Waals surface area contributed by atoms with Crippen LogP contribution in [0.3, 0.4) is 0 Å². The molecule has 0 unspecified atom stereocenters. The highest BCUT2D eigenvalue weighted by Crippen LogP contribution is 2.51. The molecule has 0 radical (unpaired) electrons. The lowest BCUT2D eigenvalue weighted by Crippen LogP contribution is -2.16. The number of anilines is 6. The predicted molar refractivity (Wildman–Crippen MR) is 446 cm³/mol. The molecule has 0 fully saturated rings. The average molecular weight is 1380 g/mol. The molecule has 0 aliphatic carbocycles. The Balaban J connectivity index is 0.951. The number of fused-ring (bicyclic) bond motifs is 12. The molecule has 0 saturated carbocycles. The molecule has 108 heavy (non-hydrogen) atoms. The molecule has 0 aliphatic heterocycles. The average Bonchev–Trinajstić information content (AvgIpc) is 1.54. The second kappa shape index (κ2) is 25.6. The van der Waals surface area contributed by atoms with E-state index in [1.165, 1.54) is 0 Å². The van der Waals surface area contributed by atoms with Gasteiger partial charge < -0.3 is 18.9 Å². The van der Waals surface area contributed by atoms with E-state index in [1.54, 1.807) is 0 Å². The van der Waals surface area contributed by atoms with Crippen LogP contribution in [0.5, 0.6) is 0 Å². The van der Waals surface area contributed by atoms with Gasteiger partial charge in [0.25, 0.3) is 0 Å². The fourth-order valence-electron chi connectivity index (χ4n) is 16.5. The number of nitrogens with zero attached hydrogens (tertiary/aromatic N) is 10. The zero-order valence-electron chi connectivity index (χ0n) is 58.4. The van der Waals surface area contributed by atoms with Crippen molar-refractivity contribution in [1.29, 1.82) is 0 Å². The Morgan fingerprint density at radius 3 is 0.731 bits per heavy atom. The van der Waals surface area contributed by atoms with Crippen molar-refractivity contribution in [2.24, 2.45) is 0 Å².